The van der Waals surface area contributed by atoms with Crippen LogP contribution in [0.1, 0.15) is 21.4 Å². The van der Waals surface area contributed by atoms with Crippen molar-refractivity contribution in [3.63, 3.8) is 0 Å². The van der Waals surface area contributed by atoms with Gasteiger partial charge in [0.15, 0.2) is 0 Å². The number of hydrogen-bond acceptors (Lipinski definition) is 2. The molecule has 1 heterocycles. The fraction of sp³-hybridized carbons (Fsp3) is 0.167. The summed E-state index contributed by atoms with van der Waals surface area (Å²) in [6.45, 7) is 2.10. The molecule has 0 aliphatic carbocycles. The maximum Gasteiger partial charge on any atom is 0.0646 e. The molecule has 0 saturated carbocycles. The Kier molecular flexibility index (Phi) is 3.24. The number of hydrogen-bond donors (Lipinski definition) is 1. The van der Waals surface area contributed by atoms with Gasteiger partial charge in [0.2, 0.25) is 0 Å². The van der Waals surface area contributed by atoms with Gasteiger partial charge in [-0.3, -0.25) is 0 Å². The summed E-state index contributed by atoms with van der Waals surface area (Å²) in [5.74, 6) is 0. The van der Waals surface area contributed by atoms with Crippen LogP contribution in [-0.2, 0) is 0 Å². The number of nitrogens with two attached hydrogens (primary N) is 1. The minimum Gasteiger partial charge on any atom is -0.320 e. The van der Waals surface area contributed by atoms with Crippen LogP contribution in [0.15, 0.2) is 40.9 Å². The number of halogens is 1. The lowest BCUT2D eigenvalue weighted by Gasteiger charge is -2.09. The molecular formula is C12H12BrNS. The summed E-state index contributed by atoms with van der Waals surface area (Å²) in [4.78, 5) is 2.51. The molecule has 0 aliphatic rings. The van der Waals surface area contributed by atoms with Gasteiger partial charge in [0.1, 0.15) is 0 Å². The van der Waals surface area contributed by atoms with E-state index in [0.29, 0.717) is 0 Å². The van der Waals surface area contributed by atoms with Crippen LogP contribution in [-0.4, -0.2) is 0 Å². The first-order valence-electron chi connectivity index (χ1n) is 4.74. The van der Waals surface area contributed by atoms with E-state index in [4.69, 9.17) is 5.73 Å². The summed E-state index contributed by atoms with van der Waals surface area (Å²) in [6.07, 6.45) is 0. The van der Waals surface area contributed by atoms with Gasteiger partial charge in [0.05, 0.1) is 6.04 Å². The second kappa shape index (κ2) is 4.47. The maximum absolute atomic E-state index is 6.19. The highest BCUT2D eigenvalue weighted by atomic mass is 79.9. The van der Waals surface area contributed by atoms with Gasteiger partial charge in [-0.1, -0.05) is 28.1 Å². The van der Waals surface area contributed by atoms with Crippen molar-refractivity contribution in [1.29, 1.82) is 0 Å². The molecule has 2 rings (SSSR count). The molecule has 1 atom stereocenters. The highest BCUT2D eigenvalue weighted by Gasteiger charge is 2.10. The summed E-state index contributed by atoms with van der Waals surface area (Å²) < 4.78 is 1.07. The Bertz CT molecular complexity index is 464. The SMILES string of the molecule is Cc1ccc(C(N)c2cccc(Br)c2)s1. The van der Waals surface area contributed by atoms with E-state index < -0.39 is 0 Å². The van der Waals surface area contributed by atoms with Crippen molar-refractivity contribution in [3.8, 4) is 0 Å². The van der Waals surface area contributed by atoms with Gasteiger partial charge in [-0.25, -0.2) is 0 Å². The Labute approximate surface area is 102 Å². The quantitative estimate of drug-likeness (QED) is 0.889. The first-order valence-corrected chi connectivity index (χ1v) is 6.35. The van der Waals surface area contributed by atoms with Gasteiger partial charge in [-0.05, 0) is 36.8 Å². The molecule has 15 heavy (non-hydrogen) atoms. The van der Waals surface area contributed by atoms with Crippen LogP contribution < -0.4 is 5.73 Å². The zero-order valence-electron chi connectivity index (χ0n) is 8.41. The fourth-order valence-electron chi connectivity index (χ4n) is 1.48. The lowest BCUT2D eigenvalue weighted by Crippen LogP contribution is -2.09. The molecule has 0 spiro atoms. The minimum absolute atomic E-state index is 0.0128. The third kappa shape index (κ3) is 2.48. The normalized spacial score (nSPS) is 12.7. The molecule has 0 fully saturated rings. The highest BCUT2D eigenvalue weighted by Crippen LogP contribution is 2.27. The molecule has 2 aromatic rings. The van der Waals surface area contributed by atoms with Crippen molar-refractivity contribution in [3.05, 3.63) is 56.2 Å². The Balaban J connectivity index is 2.32. The number of aryl methyl sites for hydroxylation is 1. The molecule has 0 radical (unpaired) electrons. The summed E-state index contributed by atoms with van der Waals surface area (Å²) in [5, 5.41) is 0. The van der Waals surface area contributed by atoms with Crippen LogP contribution in [0.3, 0.4) is 0 Å². The second-order valence-electron chi connectivity index (χ2n) is 3.48. The van der Waals surface area contributed by atoms with E-state index in [9.17, 15) is 0 Å². The second-order valence-corrected chi connectivity index (χ2v) is 5.72. The van der Waals surface area contributed by atoms with Crippen molar-refractivity contribution >= 4 is 27.3 Å². The fourth-order valence-corrected chi connectivity index (χ4v) is 2.81. The Hall–Kier alpha value is -0.640. The van der Waals surface area contributed by atoms with Gasteiger partial charge < -0.3 is 5.73 Å². The standard InChI is InChI=1S/C12H12BrNS/c1-8-5-6-11(15-8)12(14)9-3-2-4-10(13)7-9/h2-7,12H,14H2,1H3. The van der Waals surface area contributed by atoms with E-state index in [0.717, 1.165) is 10.0 Å². The third-order valence-electron chi connectivity index (χ3n) is 2.28. The molecule has 0 bridgehead atoms. The summed E-state index contributed by atoms with van der Waals surface area (Å²) in [6, 6.07) is 12.4. The van der Waals surface area contributed by atoms with Crippen LogP contribution in [0.2, 0.25) is 0 Å². The highest BCUT2D eigenvalue weighted by molar-refractivity contribution is 9.10. The average Bonchev–Trinajstić information content (AvgIpc) is 2.64. The molecule has 0 aliphatic heterocycles. The molecular weight excluding hydrogens is 270 g/mol. The average molecular weight is 282 g/mol. The summed E-state index contributed by atoms with van der Waals surface area (Å²) >= 11 is 5.21. The third-order valence-corrected chi connectivity index (χ3v) is 3.85. The van der Waals surface area contributed by atoms with Crippen LogP contribution in [0.5, 0.6) is 0 Å². The Morgan fingerprint density at radius 2 is 2.07 bits per heavy atom. The predicted octanol–water partition coefficient (Wildman–Crippen LogP) is 3.87. The van der Waals surface area contributed by atoms with E-state index in [1.807, 2.05) is 12.1 Å². The zero-order valence-corrected chi connectivity index (χ0v) is 10.8. The van der Waals surface area contributed by atoms with E-state index in [1.54, 1.807) is 11.3 Å². The molecule has 1 aromatic heterocycles. The monoisotopic (exact) mass is 281 g/mol. The first kappa shape index (κ1) is 10.9. The lowest BCUT2D eigenvalue weighted by atomic mass is 10.1. The van der Waals surface area contributed by atoms with Crippen LogP contribution in [0, 0.1) is 6.92 Å². The number of thiophene rings is 1. The lowest BCUT2D eigenvalue weighted by molar-refractivity contribution is 0.892. The molecule has 78 valence electrons. The van der Waals surface area contributed by atoms with Gasteiger partial charge in [-0.2, -0.15) is 0 Å². The molecule has 1 unspecified atom stereocenters. The predicted molar refractivity (Wildman–Crippen MR) is 69.2 cm³/mol. The topological polar surface area (TPSA) is 26.0 Å². The molecule has 3 heteroatoms. The van der Waals surface area contributed by atoms with Crippen LogP contribution in [0.25, 0.3) is 0 Å². The first-order chi connectivity index (χ1) is 7.16. The smallest absolute Gasteiger partial charge is 0.0646 e. The summed E-state index contributed by atoms with van der Waals surface area (Å²) in [7, 11) is 0. The van der Waals surface area contributed by atoms with Gasteiger partial charge in [-0.15, -0.1) is 11.3 Å². The molecule has 1 nitrogen and oxygen atoms in total. The van der Waals surface area contributed by atoms with Crippen molar-refractivity contribution in [2.45, 2.75) is 13.0 Å². The largest absolute Gasteiger partial charge is 0.320 e. The van der Waals surface area contributed by atoms with E-state index in [2.05, 4.69) is 47.1 Å². The molecule has 1 aromatic carbocycles. The number of benzene rings is 1. The minimum atomic E-state index is -0.0128. The molecule has 2 N–H and O–H groups in total. The van der Waals surface area contributed by atoms with Gasteiger partial charge >= 0.3 is 0 Å². The van der Waals surface area contributed by atoms with Crippen LogP contribution >= 0.6 is 27.3 Å². The zero-order chi connectivity index (χ0) is 10.8. The molecule has 0 amide bonds. The van der Waals surface area contributed by atoms with Crippen LogP contribution in [0.4, 0.5) is 0 Å². The van der Waals surface area contributed by atoms with Gasteiger partial charge in [0.25, 0.3) is 0 Å². The Morgan fingerprint density at radius 1 is 1.27 bits per heavy atom. The van der Waals surface area contributed by atoms with E-state index >= 15 is 0 Å². The van der Waals surface area contributed by atoms with Crippen molar-refractivity contribution in [2.24, 2.45) is 5.73 Å². The van der Waals surface area contributed by atoms with E-state index in [-0.39, 0.29) is 6.04 Å². The van der Waals surface area contributed by atoms with Crippen molar-refractivity contribution < 1.29 is 0 Å². The Morgan fingerprint density at radius 3 is 2.67 bits per heavy atom. The summed E-state index contributed by atoms with van der Waals surface area (Å²) in [5.41, 5.74) is 7.33. The molecule has 0 saturated heterocycles. The maximum atomic E-state index is 6.19. The van der Waals surface area contributed by atoms with Crippen molar-refractivity contribution in [2.75, 3.05) is 0 Å². The van der Waals surface area contributed by atoms with Crippen molar-refractivity contribution in [1.82, 2.24) is 0 Å². The van der Waals surface area contributed by atoms with Gasteiger partial charge in [0, 0.05) is 14.2 Å². The number of rotatable bonds is 2. The van der Waals surface area contributed by atoms with E-state index in [1.165, 1.54) is 9.75 Å².